The van der Waals surface area contributed by atoms with E-state index in [2.05, 4.69) is 48.0 Å². The monoisotopic (exact) mass is 472 g/mol. The number of likely N-dealkylation sites (N-methyl/N-ethyl adjacent to an activating group) is 1. The van der Waals surface area contributed by atoms with Crippen LogP contribution < -0.4 is 0 Å². The van der Waals surface area contributed by atoms with Crippen LogP contribution in [0.5, 0.6) is 0 Å². The number of benzene rings is 2. The third-order valence-electron chi connectivity index (χ3n) is 6.10. The van der Waals surface area contributed by atoms with Crippen LogP contribution in [0.2, 0.25) is 5.02 Å². The van der Waals surface area contributed by atoms with Gasteiger partial charge in [0.1, 0.15) is 0 Å². The minimum absolute atomic E-state index is 0.625. The van der Waals surface area contributed by atoms with Crippen LogP contribution in [-0.2, 0) is 0 Å². The van der Waals surface area contributed by atoms with Gasteiger partial charge < -0.3 is 9.80 Å². The van der Waals surface area contributed by atoms with Crippen molar-refractivity contribution in [2.24, 2.45) is 0 Å². The molecule has 0 saturated carbocycles. The summed E-state index contributed by atoms with van der Waals surface area (Å²) in [7, 11) is 2.19. The van der Waals surface area contributed by atoms with Gasteiger partial charge in [0.25, 0.3) is 0 Å². The van der Waals surface area contributed by atoms with Gasteiger partial charge in [0.05, 0.1) is 27.9 Å². The van der Waals surface area contributed by atoms with Gasteiger partial charge in [-0.2, -0.15) is 5.26 Å². The molecule has 1 fully saturated rings. The molecule has 4 nitrogen and oxygen atoms in total. The van der Waals surface area contributed by atoms with E-state index in [1.165, 1.54) is 51.1 Å². The highest BCUT2D eigenvalue weighted by atomic mass is 35.5. The van der Waals surface area contributed by atoms with Gasteiger partial charge in [-0.25, -0.2) is 4.98 Å². The lowest BCUT2D eigenvalue weighted by atomic mass is 10.1. The summed E-state index contributed by atoms with van der Waals surface area (Å²) >= 11 is 6.35. The number of allylic oxidation sites excluding steroid dienone is 1. The highest BCUT2D eigenvalue weighted by molar-refractivity contribution is 6.35. The number of nitrogens with zero attached hydrogens (tertiary/aromatic N) is 4. The Labute approximate surface area is 208 Å². The molecule has 3 aromatic rings. The van der Waals surface area contributed by atoms with Crippen LogP contribution in [0, 0.1) is 11.3 Å². The van der Waals surface area contributed by atoms with Crippen molar-refractivity contribution < 1.29 is 0 Å². The fourth-order valence-corrected chi connectivity index (χ4v) is 4.12. The molecule has 0 radical (unpaired) electrons. The number of unbranched alkanes of at least 4 members (excludes halogenated alkanes) is 1. The number of hydrogen-bond donors (Lipinski definition) is 0. The molecule has 2 aromatic carbocycles. The number of piperazine rings is 1. The fraction of sp³-hybridized carbons (Fsp3) is 0.310. The Morgan fingerprint density at radius 2 is 1.82 bits per heavy atom. The fourth-order valence-electron chi connectivity index (χ4n) is 3.85. The maximum absolute atomic E-state index is 8.85. The largest absolute Gasteiger partial charge is 0.373 e. The van der Waals surface area contributed by atoms with Crippen molar-refractivity contribution in [1.29, 1.82) is 5.26 Å². The van der Waals surface area contributed by atoms with Gasteiger partial charge >= 0.3 is 0 Å². The third-order valence-corrected chi connectivity index (χ3v) is 6.41. The van der Waals surface area contributed by atoms with E-state index >= 15 is 0 Å². The summed E-state index contributed by atoms with van der Waals surface area (Å²) in [6.07, 6.45) is 5.52. The molecule has 1 aliphatic heterocycles. The Hall–Kier alpha value is -3.13. The zero-order valence-electron chi connectivity index (χ0n) is 20.2. The van der Waals surface area contributed by atoms with Crippen LogP contribution >= 0.6 is 11.6 Å². The Morgan fingerprint density at radius 3 is 2.44 bits per heavy atom. The van der Waals surface area contributed by atoms with Crippen LogP contribution in [-0.4, -0.2) is 48.0 Å². The molecule has 0 aliphatic carbocycles. The van der Waals surface area contributed by atoms with Crippen molar-refractivity contribution in [2.75, 3.05) is 33.2 Å². The molecule has 176 valence electrons. The van der Waals surface area contributed by atoms with Crippen molar-refractivity contribution in [3.8, 4) is 17.3 Å². The van der Waals surface area contributed by atoms with E-state index in [4.69, 9.17) is 16.9 Å². The van der Waals surface area contributed by atoms with Gasteiger partial charge in [-0.3, -0.25) is 0 Å². The molecule has 0 bridgehead atoms. The van der Waals surface area contributed by atoms with Crippen LogP contribution in [0.1, 0.15) is 37.3 Å². The first-order valence-corrected chi connectivity index (χ1v) is 12.2. The van der Waals surface area contributed by atoms with Gasteiger partial charge in [-0.05, 0) is 49.7 Å². The minimum Gasteiger partial charge on any atom is -0.373 e. The number of pyridine rings is 1. The lowest BCUT2D eigenvalue weighted by Gasteiger charge is -2.35. The molecule has 2 heterocycles. The molecule has 0 N–H and O–H groups in total. The second-order valence-electron chi connectivity index (χ2n) is 8.62. The highest BCUT2D eigenvalue weighted by Gasteiger charge is 2.14. The summed E-state index contributed by atoms with van der Waals surface area (Å²) < 4.78 is 0. The Bertz CT molecular complexity index is 1170. The van der Waals surface area contributed by atoms with Gasteiger partial charge in [-0.15, -0.1) is 0 Å². The lowest BCUT2D eigenvalue weighted by molar-refractivity contribution is 0.182. The van der Waals surface area contributed by atoms with Crippen molar-refractivity contribution in [3.05, 3.63) is 83.5 Å². The number of fused-ring (bicyclic) bond motifs is 1. The molecule has 5 heteroatoms. The van der Waals surface area contributed by atoms with Crippen molar-refractivity contribution >= 4 is 28.6 Å². The molecule has 0 atom stereocenters. The van der Waals surface area contributed by atoms with Crippen LogP contribution in [0.25, 0.3) is 28.2 Å². The maximum Gasteiger partial charge on any atom is 0.0991 e. The van der Waals surface area contributed by atoms with E-state index in [0.717, 1.165) is 27.7 Å². The molecule has 0 amide bonds. The minimum atomic E-state index is 0.625. The van der Waals surface area contributed by atoms with Gasteiger partial charge in [0, 0.05) is 42.8 Å². The Morgan fingerprint density at radius 1 is 1.12 bits per heavy atom. The Kier molecular flexibility index (Phi) is 9.27. The zero-order valence-corrected chi connectivity index (χ0v) is 21.0. The first-order chi connectivity index (χ1) is 16.4. The molecule has 0 spiro atoms. The van der Waals surface area contributed by atoms with E-state index in [1.807, 2.05) is 36.4 Å². The highest BCUT2D eigenvalue weighted by Crippen LogP contribution is 2.29. The van der Waals surface area contributed by atoms with Crippen molar-refractivity contribution in [1.82, 2.24) is 14.8 Å². The van der Waals surface area contributed by atoms with E-state index in [1.54, 1.807) is 18.2 Å². The lowest BCUT2D eigenvalue weighted by Crippen LogP contribution is -2.43. The number of aromatic nitrogens is 1. The Balaban J connectivity index is 0.000000215. The number of halogens is 1. The van der Waals surface area contributed by atoms with E-state index < -0.39 is 0 Å². The summed E-state index contributed by atoms with van der Waals surface area (Å²) in [5.74, 6) is 0. The predicted octanol–water partition coefficient (Wildman–Crippen LogP) is 7.01. The molecule has 34 heavy (non-hydrogen) atoms. The van der Waals surface area contributed by atoms with Crippen LogP contribution in [0.15, 0.2) is 67.4 Å². The quantitative estimate of drug-likeness (QED) is 0.387. The van der Waals surface area contributed by atoms with E-state index in [9.17, 15) is 0 Å². The molecular formula is C29H33ClN4. The first-order valence-electron chi connectivity index (χ1n) is 11.8. The zero-order chi connectivity index (χ0) is 24.5. The van der Waals surface area contributed by atoms with E-state index in [0.29, 0.717) is 10.6 Å². The second kappa shape index (κ2) is 12.4. The SMILES string of the molecule is C=C(CCCC)N1CCN(C)CC1.C=Cc1ccc2c(Cl)cc(-c3ccc(C#N)cc3)nc2c1. The summed E-state index contributed by atoms with van der Waals surface area (Å²) in [5, 5.41) is 10.4. The topological polar surface area (TPSA) is 43.2 Å². The molecule has 4 rings (SSSR count). The van der Waals surface area contributed by atoms with Gasteiger partial charge in [0.2, 0.25) is 0 Å². The summed E-state index contributed by atoms with van der Waals surface area (Å²) in [6.45, 7) is 14.9. The first kappa shape index (κ1) is 25.5. The van der Waals surface area contributed by atoms with E-state index in [-0.39, 0.29) is 0 Å². The van der Waals surface area contributed by atoms with Crippen LogP contribution in [0.4, 0.5) is 0 Å². The summed E-state index contributed by atoms with van der Waals surface area (Å²) in [5.41, 5.74) is 5.52. The number of nitriles is 1. The third kappa shape index (κ3) is 6.70. The number of hydrogen-bond acceptors (Lipinski definition) is 4. The van der Waals surface area contributed by atoms with Gasteiger partial charge in [0.15, 0.2) is 0 Å². The molecule has 0 unspecified atom stereocenters. The standard InChI is InChI=1S/C18H11ClN2.C11H22N2/c1-2-12-5-8-15-16(19)10-17(21-18(15)9-12)14-6-3-13(11-20)4-7-14;1-4-5-6-11(2)13-9-7-12(3)8-10-13/h2-10H,1H2;2,4-10H2,1,3H3. The van der Waals surface area contributed by atoms with Crippen molar-refractivity contribution in [3.63, 3.8) is 0 Å². The van der Waals surface area contributed by atoms with Gasteiger partial charge in [-0.1, -0.05) is 68.4 Å². The molecule has 1 saturated heterocycles. The molecule has 1 aromatic heterocycles. The smallest absolute Gasteiger partial charge is 0.0991 e. The average molecular weight is 473 g/mol. The van der Waals surface area contributed by atoms with Crippen LogP contribution in [0.3, 0.4) is 0 Å². The maximum atomic E-state index is 8.85. The summed E-state index contributed by atoms with van der Waals surface area (Å²) in [4.78, 5) is 9.47. The predicted molar refractivity (Wildman–Crippen MR) is 145 cm³/mol. The van der Waals surface area contributed by atoms with Crippen molar-refractivity contribution in [2.45, 2.75) is 26.2 Å². The molecule has 1 aliphatic rings. The normalized spacial score (nSPS) is 13.6. The molecular weight excluding hydrogens is 440 g/mol. The second-order valence-corrected chi connectivity index (χ2v) is 9.03. The summed E-state index contributed by atoms with van der Waals surface area (Å²) in [6, 6.07) is 17.1. The number of rotatable bonds is 6. The average Bonchev–Trinajstić information content (AvgIpc) is 2.87.